The van der Waals surface area contributed by atoms with E-state index in [-0.39, 0.29) is 18.7 Å². The Morgan fingerprint density at radius 1 is 1.55 bits per heavy atom. The zero-order valence-corrected chi connectivity index (χ0v) is 11.3. The van der Waals surface area contributed by atoms with Gasteiger partial charge >= 0.3 is 6.03 Å². The maximum Gasteiger partial charge on any atom is 0.346 e. The second kappa shape index (κ2) is 4.72. The van der Waals surface area contributed by atoms with Crippen molar-refractivity contribution in [3.63, 3.8) is 0 Å². The number of carbonyl (C=O) groups is 1. The second-order valence-corrected chi connectivity index (χ2v) is 4.81. The highest BCUT2D eigenvalue weighted by atomic mass is 35.5. The Bertz CT molecular complexity index is 630. The summed E-state index contributed by atoms with van der Waals surface area (Å²) in [6.45, 7) is 4.10. The minimum atomic E-state index is -0.465. The van der Waals surface area contributed by atoms with Crippen LogP contribution in [0.15, 0.2) is 29.8 Å². The molecule has 2 amide bonds. The summed E-state index contributed by atoms with van der Waals surface area (Å²) in [7, 11) is 0. The molecule has 104 valence electrons. The van der Waals surface area contributed by atoms with Gasteiger partial charge in [-0.2, -0.15) is 4.99 Å². The van der Waals surface area contributed by atoms with E-state index in [0.717, 1.165) is 5.56 Å². The van der Waals surface area contributed by atoms with E-state index in [1.54, 1.807) is 18.2 Å². The standard InChI is InChI=1S/C13H12ClN3O3/c1-2-3-17-10(12(15)16-13(17)18)7-4-8(14)11-9(5-7)19-6-20-11/h2,4-5,10H,1,3,6H2,(H2,15,16,18). The van der Waals surface area contributed by atoms with E-state index in [0.29, 0.717) is 23.1 Å². The van der Waals surface area contributed by atoms with Gasteiger partial charge in [-0.3, -0.25) is 0 Å². The Balaban J connectivity index is 2.03. The molecular formula is C13H12ClN3O3. The molecule has 0 radical (unpaired) electrons. The number of amides is 2. The van der Waals surface area contributed by atoms with Crippen LogP contribution >= 0.6 is 11.6 Å². The Labute approximate surface area is 120 Å². The minimum Gasteiger partial charge on any atom is -0.454 e. The molecule has 1 atom stereocenters. The third-order valence-corrected chi connectivity index (χ3v) is 3.43. The van der Waals surface area contributed by atoms with Gasteiger partial charge in [0.1, 0.15) is 11.9 Å². The number of nitrogens with zero attached hydrogens (tertiary/aromatic N) is 2. The molecule has 1 unspecified atom stereocenters. The summed E-state index contributed by atoms with van der Waals surface area (Å²) in [6, 6.07) is 2.61. The van der Waals surface area contributed by atoms with E-state index in [1.807, 2.05) is 0 Å². The Morgan fingerprint density at radius 2 is 2.35 bits per heavy atom. The second-order valence-electron chi connectivity index (χ2n) is 4.40. The van der Waals surface area contributed by atoms with Crippen LogP contribution in [0.25, 0.3) is 0 Å². The smallest absolute Gasteiger partial charge is 0.346 e. The number of hydrogen-bond acceptors (Lipinski definition) is 4. The lowest BCUT2D eigenvalue weighted by Crippen LogP contribution is -2.33. The summed E-state index contributed by atoms with van der Waals surface area (Å²) in [5, 5.41) is 0.417. The Morgan fingerprint density at radius 3 is 3.10 bits per heavy atom. The molecule has 20 heavy (non-hydrogen) atoms. The number of urea groups is 1. The van der Waals surface area contributed by atoms with E-state index in [9.17, 15) is 4.79 Å². The van der Waals surface area contributed by atoms with Crippen LogP contribution in [0.5, 0.6) is 11.5 Å². The van der Waals surface area contributed by atoms with Gasteiger partial charge in [0.15, 0.2) is 11.5 Å². The first-order chi connectivity index (χ1) is 9.61. The van der Waals surface area contributed by atoms with Gasteiger partial charge in [0, 0.05) is 6.54 Å². The first kappa shape index (κ1) is 12.8. The van der Waals surface area contributed by atoms with Gasteiger partial charge in [-0.25, -0.2) is 4.79 Å². The molecule has 0 spiro atoms. The first-order valence-corrected chi connectivity index (χ1v) is 6.34. The van der Waals surface area contributed by atoms with Crippen LogP contribution in [-0.4, -0.2) is 30.1 Å². The van der Waals surface area contributed by atoms with Crippen molar-refractivity contribution in [2.45, 2.75) is 6.04 Å². The third-order valence-electron chi connectivity index (χ3n) is 3.15. The fourth-order valence-electron chi connectivity index (χ4n) is 2.32. The molecule has 6 nitrogen and oxygen atoms in total. The van der Waals surface area contributed by atoms with Gasteiger partial charge in [-0.1, -0.05) is 17.7 Å². The molecular weight excluding hydrogens is 282 g/mol. The van der Waals surface area contributed by atoms with Crippen molar-refractivity contribution >= 4 is 23.5 Å². The maximum atomic E-state index is 11.8. The number of halogens is 1. The molecule has 0 saturated heterocycles. The van der Waals surface area contributed by atoms with Crippen LogP contribution < -0.4 is 15.2 Å². The number of hydrogen-bond donors (Lipinski definition) is 1. The predicted octanol–water partition coefficient (Wildman–Crippen LogP) is 2.09. The van der Waals surface area contributed by atoms with Gasteiger partial charge in [0.25, 0.3) is 0 Å². The molecule has 2 aliphatic rings. The highest BCUT2D eigenvalue weighted by molar-refractivity contribution is 6.32. The van der Waals surface area contributed by atoms with Crippen molar-refractivity contribution in [2.24, 2.45) is 10.7 Å². The zero-order chi connectivity index (χ0) is 14.3. The average Bonchev–Trinajstić information content (AvgIpc) is 2.96. The monoisotopic (exact) mass is 293 g/mol. The molecule has 7 heteroatoms. The number of fused-ring (bicyclic) bond motifs is 1. The van der Waals surface area contributed by atoms with Crippen LogP contribution in [0.2, 0.25) is 5.02 Å². The van der Waals surface area contributed by atoms with Crippen molar-refractivity contribution in [2.75, 3.05) is 13.3 Å². The topological polar surface area (TPSA) is 77.2 Å². The molecule has 0 saturated carbocycles. The van der Waals surface area contributed by atoms with Crippen molar-refractivity contribution in [1.82, 2.24) is 4.90 Å². The van der Waals surface area contributed by atoms with Gasteiger partial charge in [-0.15, -0.1) is 6.58 Å². The number of amidine groups is 1. The number of carbonyl (C=O) groups excluding carboxylic acids is 1. The zero-order valence-electron chi connectivity index (χ0n) is 10.5. The summed E-state index contributed by atoms with van der Waals surface area (Å²) >= 11 is 6.15. The lowest BCUT2D eigenvalue weighted by atomic mass is 10.0. The third kappa shape index (κ3) is 1.89. The molecule has 0 bridgehead atoms. The van der Waals surface area contributed by atoms with Crippen molar-refractivity contribution in [3.8, 4) is 11.5 Å². The Hall–Kier alpha value is -2.21. The fraction of sp³-hybridized carbons (Fsp3) is 0.231. The number of rotatable bonds is 3. The average molecular weight is 294 g/mol. The van der Waals surface area contributed by atoms with Gasteiger partial charge < -0.3 is 20.1 Å². The maximum absolute atomic E-state index is 11.8. The molecule has 0 aromatic heterocycles. The predicted molar refractivity (Wildman–Crippen MR) is 74.2 cm³/mol. The van der Waals surface area contributed by atoms with Gasteiger partial charge in [-0.05, 0) is 17.7 Å². The van der Waals surface area contributed by atoms with E-state index in [1.165, 1.54) is 4.90 Å². The van der Waals surface area contributed by atoms with Crippen LogP contribution in [0.1, 0.15) is 11.6 Å². The van der Waals surface area contributed by atoms with Crippen molar-refractivity contribution < 1.29 is 14.3 Å². The fourth-order valence-corrected chi connectivity index (χ4v) is 2.60. The van der Waals surface area contributed by atoms with Crippen molar-refractivity contribution in [1.29, 1.82) is 0 Å². The molecule has 3 rings (SSSR count). The first-order valence-electron chi connectivity index (χ1n) is 5.96. The number of aliphatic imine (C=N–C) groups is 1. The number of benzene rings is 1. The van der Waals surface area contributed by atoms with Crippen LogP contribution in [0, 0.1) is 0 Å². The van der Waals surface area contributed by atoms with E-state index in [4.69, 9.17) is 26.8 Å². The summed E-state index contributed by atoms with van der Waals surface area (Å²) in [4.78, 5) is 17.1. The van der Waals surface area contributed by atoms with Gasteiger partial charge in [0.2, 0.25) is 6.79 Å². The molecule has 2 aliphatic heterocycles. The Kier molecular flexibility index (Phi) is 3.02. The van der Waals surface area contributed by atoms with E-state index < -0.39 is 6.04 Å². The van der Waals surface area contributed by atoms with Crippen LogP contribution in [0.3, 0.4) is 0 Å². The number of nitrogens with two attached hydrogens (primary N) is 1. The SMILES string of the molecule is C=CCN1C(=O)N=C(N)C1c1cc(Cl)c2c(c1)OCO2. The quantitative estimate of drug-likeness (QED) is 0.866. The van der Waals surface area contributed by atoms with Gasteiger partial charge in [0.05, 0.1) is 5.02 Å². The summed E-state index contributed by atoms with van der Waals surface area (Å²) in [5.74, 6) is 1.27. The minimum absolute atomic E-state index is 0.127. The van der Waals surface area contributed by atoms with E-state index in [2.05, 4.69) is 11.6 Å². The highest BCUT2D eigenvalue weighted by Gasteiger charge is 2.35. The molecule has 0 fully saturated rings. The lowest BCUT2D eigenvalue weighted by molar-refractivity contribution is 0.174. The highest BCUT2D eigenvalue weighted by Crippen LogP contribution is 2.42. The van der Waals surface area contributed by atoms with E-state index >= 15 is 0 Å². The molecule has 1 aromatic rings. The lowest BCUT2D eigenvalue weighted by Gasteiger charge is -2.23. The summed E-state index contributed by atoms with van der Waals surface area (Å²) < 4.78 is 10.6. The summed E-state index contributed by atoms with van der Waals surface area (Å²) in [6.07, 6.45) is 1.62. The molecule has 0 aliphatic carbocycles. The largest absolute Gasteiger partial charge is 0.454 e. The molecule has 2 heterocycles. The van der Waals surface area contributed by atoms with Crippen LogP contribution in [0.4, 0.5) is 4.79 Å². The van der Waals surface area contributed by atoms with Crippen LogP contribution in [-0.2, 0) is 0 Å². The van der Waals surface area contributed by atoms with Crippen molar-refractivity contribution in [3.05, 3.63) is 35.4 Å². The molecule has 2 N–H and O–H groups in total. The summed E-state index contributed by atoms with van der Waals surface area (Å²) in [5.41, 5.74) is 6.59. The normalized spacial score (nSPS) is 20.2. The molecule has 1 aromatic carbocycles. The number of ether oxygens (including phenoxy) is 2.